The monoisotopic (exact) mass is 391 g/mol. The first kappa shape index (κ1) is 18.5. The Balaban J connectivity index is 1.36. The van der Waals surface area contributed by atoms with Crippen LogP contribution in [0.1, 0.15) is 49.7 Å². The largest absolute Gasteiger partial charge is 0.392 e. The number of aliphatic hydroxyl groups is 1. The first-order valence-corrected chi connectivity index (χ1v) is 10.8. The van der Waals surface area contributed by atoms with Gasteiger partial charge in [0.25, 0.3) is 5.91 Å². The maximum Gasteiger partial charge on any atom is 0.252 e. The number of benzene rings is 1. The summed E-state index contributed by atoms with van der Waals surface area (Å²) >= 11 is 0. The molecule has 5 heteroatoms. The van der Waals surface area contributed by atoms with Gasteiger partial charge in [-0.05, 0) is 72.9 Å². The van der Waals surface area contributed by atoms with E-state index in [0.29, 0.717) is 0 Å². The van der Waals surface area contributed by atoms with E-state index in [1.807, 2.05) is 12.1 Å². The maximum absolute atomic E-state index is 12.8. The second-order valence-electron chi connectivity index (χ2n) is 8.79. The molecule has 0 atom stereocenters. The van der Waals surface area contributed by atoms with Crippen LogP contribution in [0.3, 0.4) is 0 Å². The molecular weight excluding hydrogens is 362 g/mol. The number of aliphatic hydroxyl groups excluding tert-OH is 1. The van der Waals surface area contributed by atoms with E-state index in [-0.39, 0.29) is 17.9 Å². The molecule has 1 saturated heterocycles. The van der Waals surface area contributed by atoms with Crippen molar-refractivity contribution in [1.82, 2.24) is 10.2 Å². The number of amides is 1. The normalized spacial score (nSPS) is 23.2. The number of likely N-dealkylation sites (tertiary alicyclic amines) is 1. The van der Waals surface area contributed by atoms with Gasteiger partial charge in [-0.1, -0.05) is 18.7 Å². The average molecular weight is 392 g/mol. The van der Waals surface area contributed by atoms with Crippen LogP contribution >= 0.6 is 0 Å². The minimum absolute atomic E-state index is 0.0559. The molecule has 5 nitrogen and oxygen atoms in total. The standard InChI is InChI=1S/C24H29N3O2/c1-16-13-21(26-23(29)19-7-3-2-6-18(16)19)27-11-9-24(10-12-27)15-25-20-8-4-5-17(14-28)22(20)24/h4-5,8,13,25,28H,1-3,6-7,9-12,14-15H2,(H,26,29). The summed E-state index contributed by atoms with van der Waals surface area (Å²) in [5.74, 6) is 0.950. The summed E-state index contributed by atoms with van der Waals surface area (Å²) in [6, 6.07) is 6.16. The highest BCUT2D eigenvalue weighted by Crippen LogP contribution is 2.46. The number of piperidine rings is 1. The maximum atomic E-state index is 12.8. The van der Waals surface area contributed by atoms with Crippen LogP contribution in [0.15, 0.2) is 53.4 Å². The first-order chi connectivity index (χ1) is 14.1. The van der Waals surface area contributed by atoms with Crippen molar-refractivity contribution in [3.8, 4) is 0 Å². The Morgan fingerprint density at radius 3 is 2.66 bits per heavy atom. The fourth-order valence-corrected chi connectivity index (χ4v) is 5.62. The number of nitrogens with one attached hydrogen (secondary N) is 2. The molecule has 3 N–H and O–H groups in total. The van der Waals surface area contributed by atoms with E-state index < -0.39 is 0 Å². The van der Waals surface area contributed by atoms with Gasteiger partial charge < -0.3 is 20.6 Å². The van der Waals surface area contributed by atoms with Crippen molar-refractivity contribution in [3.05, 3.63) is 64.5 Å². The predicted octanol–water partition coefficient (Wildman–Crippen LogP) is 3.34. The summed E-state index contributed by atoms with van der Waals surface area (Å²) in [4.78, 5) is 15.1. The zero-order valence-electron chi connectivity index (χ0n) is 16.9. The third kappa shape index (κ3) is 2.99. The molecule has 1 spiro atoms. The highest BCUT2D eigenvalue weighted by Gasteiger charge is 2.43. The number of carbonyl (C=O) groups excluding carboxylic acids is 1. The van der Waals surface area contributed by atoms with Crippen molar-refractivity contribution in [2.75, 3.05) is 25.0 Å². The Hall–Kier alpha value is -2.53. The molecule has 1 aromatic carbocycles. The van der Waals surface area contributed by atoms with Gasteiger partial charge in [0.15, 0.2) is 0 Å². The fourth-order valence-electron chi connectivity index (χ4n) is 5.62. The molecule has 0 aromatic heterocycles. The van der Waals surface area contributed by atoms with Crippen LogP contribution < -0.4 is 10.6 Å². The summed E-state index contributed by atoms with van der Waals surface area (Å²) in [6.45, 7) is 7.03. The number of fused-ring (bicyclic) bond motifs is 2. The predicted molar refractivity (Wildman–Crippen MR) is 114 cm³/mol. The van der Waals surface area contributed by atoms with E-state index in [4.69, 9.17) is 0 Å². The smallest absolute Gasteiger partial charge is 0.252 e. The van der Waals surface area contributed by atoms with E-state index in [1.54, 1.807) is 0 Å². The third-order valence-corrected chi connectivity index (χ3v) is 7.21. The van der Waals surface area contributed by atoms with Crippen molar-refractivity contribution in [3.63, 3.8) is 0 Å². The zero-order valence-corrected chi connectivity index (χ0v) is 16.9. The quantitative estimate of drug-likeness (QED) is 0.724. The number of allylic oxidation sites excluding steroid dienone is 3. The van der Waals surface area contributed by atoms with Gasteiger partial charge in [-0.2, -0.15) is 0 Å². The lowest BCUT2D eigenvalue weighted by atomic mass is 9.72. The van der Waals surface area contributed by atoms with Crippen LogP contribution in [0.2, 0.25) is 0 Å². The molecule has 1 fully saturated rings. The van der Waals surface area contributed by atoms with Gasteiger partial charge in [0.05, 0.1) is 6.61 Å². The van der Waals surface area contributed by atoms with E-state index in [9.17, 15) is 9.90 Å². The number of hydrogen-bond donors (Lipinski definition) is 3. The molecule has 152 valence electrons. The first-order valence-electron chi connectivity index (χ1n) is 10.8. The van der Waals surface area contributed by atoms with Gasteiger partial charge in [0, 0.05) is 36.3 Å². The Morgan fingerprint density at radius 1 is 1.14 bits per heavy atom. The Kier molecular flexibility index (Phi) is 4.50. The summed E-state index contributed by atoms with van der Waals surface area (Å²) in [5.41, 5.74) is 6.63. The summed E-state index contributed by atoms with van der Waals surface area (Å²) < 4.78 is 0. The molecule has 1 amide bonds. The minimum atomic E-state index is 0.0559. The fraction of sp³-hybridized carbons (Fsp3) is 0.458. The molecule has 3 aliphatic heterocycles. The van der Waals surface area contributed by atoms with Gasteiger partial charge in [-0.15, -0.1) is 0 Å². The highest BCUT2D eigenvalue weighted by molar-refractivity contribution is 5.97. The van der Waals surface area contributed by atoms with Crippen LogP contribution in [0, 0.1) is 0 Å². The number of nitrogens with zero attached hydrogens (tertiary/aromatic N) is 1. The third-order valence-electron chi connectivity index (χ3n) is 7.21. The molecule has 0 radical (unpaired) electrons. The van der Waals surface area contributed by atoms with Gasteiger partial charge in [-0.25, -0.2) is 0 Å². The SMILES string of the molecule is C=C1C=C(N2CCC3(CC2)CNc2cccc(CO)c23)NC(=O)C2=C1CCCC2. The molecule has 29 heavy (non-hydrogen) atoms. The molecule has 4 aliphatic rings. The molecule has 1 aliphatic carbocycles. The lowest BCUT2D eigenvalue weighted by Gasteiger charge is -2.41. The lowest BCUT2D eigenvalue weighted by molar-refractivity contribution is -0.117. The molecular formula is C24H29N3O2. The second kappa shape index (κ2) is 7.06. The highest BCUT2D eigenvalue weighted by atomic mass is 16.3. The molecule has 0 unspecified atom stereocenters. The molecule has 5 rings (SSSR count). The number of carbonyl (C=O) groups is 1. The van der Waals surface area contributed by atoms with E-state index in [2.05, 4.69) is 34.3 Å². The van der Waals surface area contributed by atoms with Crippen LogP contribution in [0.4, 0.5) is 5.69 Å². The Bertz CT molecular complexity index is 935. The molecule has 3 heterocycles. The lowest BCUT2D eigenvalue weighted by Crippen LogP contribution is -2.46. The molecule has 1 aromatic rings. The summed E-state index contributed by atoms with van der Waals surface area (Å²) in [6.07, 6.45) is 8.11. The van der Waals surface area contributed by atoms with Crippen LogP contribution in [-0.4, -0.2) is 35.5 Å². The van der Waals surface area contributed by atoms with Gasteiger partial charge in [0.2, 0.25) is 0 Å². The summed E-state index contributed by atoms with van der Waals surface area (Å²) in [7, 11) is 0. The van der Waals surface area contributed by atoms with Gasteiger partial charge in [-0.3, -0.25) is 4.79 Å². The average Bonchev–Trinajstić information content (AvgIpc) is 3.05. The topological polar surface area (TPSA) is 64.6 Å². The molecule has 0 bridgehead atoms. The number of rotatable bonds is 2. The van der Waals surface area contributed by atoms with Crippen molar-refractivity contribution in [1.29, 1.82) is 0 Å². The van der Waals surface area contributed by atoms with Crippen molar-refractivity contribution in [2.24, 2.45) is 0 Å². The van der Waals surface area contributed by atoms with Crippen molar-refractivity contribution >= 4 is 11.6 Å². The Labute approximate surface area is 172 Å². The van der Waals surface area contributed by atoms with Crippen molar-refractivity contribution in [2.45, 2.75) is 50.5 Å². The minimum Gasteiger partial charge on any atom is -0.392 e. The van der Waals surface area contributed by atoms with E-state index in [0.717, 1.165) is 92.0 Å². The zero-order chi connectivity index (χ0) is 20.0. The van der Waals surface area contributed by atoms with Gasteiger partial charge in [0.1, 0.15) is 5.82 Å². The van der Waals surface area contributed by atoms with Crippen LogP contribution in [0.5, 0.6) is 0 Å². The number of hydrogen-bond acceptors (Lipinski definition) is 4. The van der Waals surface area contributed by atoms with Crippen LogP contribution in [-0.2, 0) is 16.8 Å². The molecule has 0 saturated carbocycles. The number of anilines is 1. The van der Waals surface area contributed by atoms with Gasteiger partial charge >= 0.3 is 0 Å². The Morgan fingerprint density at radius 2 is 1.90 bits per heavy atom. The van der Waals surface area contributed by atoms with E-state index in [1.165, 1.54) is 5.56 Å². The van der Waals surface area contributed by atoms with Crippen LogP contribution in [0.25, 0.3) is 0 Å². The van der Waals surface area contributed by atoms with E-state index >= 15 is 0 Å². The van der Waals surface area contributed by atoms with Crippen molar-refractivity contribution < 1.29 is 9.90 Å². The summed E-state index contributed by atoms with van der Waals surface area (Å²) in [5, 5.41) is 16.6. The second-order valence-corrected chi connectivity index (χ2v) is 8.79.